The molecule has 0 fully saturated rings. The first kappa shape index (κ1) is 25.4. The fourth-order valence-corrected chi connectivity index (χ4v) is 4.89. The van der Waals surface area contributed by atoms with Crippen molar-refractivity contribution in [1.82, 2.24) is 19.6 Å². The fourth-order valence-electron chi connectivity index (χ4n) is 3.96. The number of imidazole rings is 1. The van der Waals surface area contributed by atoms with Crippen LogP contribution in [0, 0.1) is 12.7 Å². The van der Waals surface area contributed by atoms with E-state index in [1.165, 1.54) is 24.3 Å². The Morgan fingerprint density at radius 3 is 2.42 bits per heavy atom. The number of sulfonamides is 1. The van der Waals surface area contributed by atoms with E-state index in [4.69, 9.17) is 0 Å². The smallest absolute Gasteiger partial charge is 0.328 e. The monoisotopic (exact) mass is 508 g/mol. The van der Waals surface area contributed by atoms with E-state index < -0.39 is 16.1 Å². The fraction of sp³-hybridized carbons (Fsp3) is 0.259. The minimum atomic E-state index is -3.93. The summed E-state index contributed by atoms with van der Waals surface area (Å²) in [6.45, 7) is 4.24. The summed E-state index contributed by atoms with van der Waals surface area (Å²) >= 11 is 0. The van der Waals surface area contributed by atoms with Gasteiger partial charge in [0.25, 0.3) is 10.0 Å². The van der Waals surface area contributed by atoms with Crippen molar-refractivity contribution in [3.8, 4) is 5.69 Å². The minimum Gasteiger partial charge on any atom is -0.337 e. The molecule has 9 heteroatoms. The van der Waals surface area contributed by atoms with Crippen LogP contribution in [0.3, 0.4) is 0 Å². The molecule has 0 atom stereocenters. The molecule has 0 unspecified atom stereocenters. The quantitative estimate of drug-likeness (QED) is 0.331. The van der Waals surface area contributed by atoms with Crippen molar-refractivity contribution in [3.05, 3.63) is 89.5 Å². The average molecular weight is 509 g/mol. The highest BCUT2D eigenvalue weighted by Gasteiger charge is 2.17. The van der Waals surface area contributed by atoms with Crippen LogP contribution in [0.2, 0.25) is 0 Å². The van der Waals surface area contributed by atoms with Crippen molar-refractivity contribution in [1.29, 1.82) is 0 Å². The van der Waals surface area contributed by atoms with E-state index in [1.54, 1.807) is 18.2 Å². The number of carbonyl (C=O) groups is 1. The van der Waals surface area contributed by atoms with Gasteiger partial charge in [-0.2, -0.15) is 0 Å². The summed E-state index contributed by atoms with van der Waals surface area (Å²) in [4.78, 5) is 16.8. The van der Waals surface area contributed by atoms with Crippen molar-refractivity contribution in [2.24, 2.45) is 0 Å². The van der Waals surface area contributed by atoms with Crippen LogP contribution in [0.4, 0.5) is 9.18 Å². The Morgan fingerprint density at radius 2 is 1.72 bits per heavy atom. The molecule has 0 aliphatic carbocycles. The lowest BCUT2D eigenvalue weighted by Gasteiger charge is -2.11. The molecule has 36 heavy (non-hydrogen) atoms. The van der Waals surface area contributed by atoms with Gasteiger partial charge in [0.05, 0.1) is 15.9 Å². The van der Waals surface area contributed by atoms with Crippen molar-refractivity contribution in [2.45, 2.75) is 44.4 Å². The van der Waals surface area contributed by atoms with Crippen LogP contribution in [-0.4, -0.2) is 30.5 Å². The zero-order valence-electron chi connectivity index (χ0n) is 20.3. The van der Waals surface area contributed by atoms with Crippen LogP contribution < -0.4 is 10.0 Å². The van der Waals surface area contributed by atoms with E-state index in [0.29, 0.717) is 11.9 Å². The van der Waals surface area contributed by atoms with Gasteiger partial charge in [0, 0.05) is 24.7 Å². The molecule has 0 spiro atoms. The van der Waals surface area contributed by atoms with E-state index in [1.807, 2.05) is 35.9 Å². The Morgan fingerprint density at radius 1 is 1.00 bits per heavy atom. The molecule has 0 saturated heterocycles. The number of benzene rings is 3. The summed E-state index contributed by atoms with van der Waals surface area (Å²) in [6, 6.07) is 18.0. The second-order valence-corrected chi connectivity index (χ2v) is 10.4. The number of nitrogens with one attached hydrogen (secondary N) is 2. The summed E-state index contributed by atoms with van der Waals surface area (Å²) in [7, 11) is -3.93. The van der Waals surface area contributed by atoms with Crippen LogP contribution in [0.1, 0.15) is 36.7 Å². The Hall–Kier alpha value is -3.72. The topological polar surface area (TPSA) is 93.1 Å². The van der Waals surface area contributed by atoms with Crippen LogP contribution in [0.25, 0.3) is 16.7 Å². The standard InChI is InChI=1S/C27H29FN4O3S/c1-3-4-5-26-30-24-18-21(28)10-15-25(24)32(26)22-11-8-20(9-12-22)16-17-29-27(33)31-36(34,35)23-13-6-19(2)7-14-23/h6-15,18H,3-5,16-17H2,1-2H3,(H2,29,31,33). The predicted octanol–water partition coefficient (Wildman–Crippen LogP) is 5.05. The maximum absolute atomic E-state index is 13.7. The number of carbonyl (C=O) groups excluding carboxylic acids is 1. The highest BCUT2D eigenvalue weighted by molar-refractivity contribution is 7.90. The molecule has 4 aromatic rings. The minimum absolute atomic E-state index is 0.0342. The Labute approximate surface area is 210 Å². The number of nitrogens with zero attached hydrogens (tertiary/aromatic N) is 2. The Bertz CT molecular complexity index is 1460. The Kier molecular flexibility index (Phi) is 7.69. The second-order valence-electron chi connectivity index (χ2n) is 8.69. The van der Waals surface area contributed by atoms with Crippen LogP contribution in [0.15, 0.2) is 71.6 Å². The van der Waals surface area contributed by atoms with Gasteiger partial charge in [-0.05, 0) is 61.7 Å². The number of hydrogen-bond acceptors (Lipinski definition) is 4. The first-order valence-corrected chi connectivity index (χ1v) is 13.4. The second kappa shape index (κ2) is 10.9. The molecule has 0 aliphatic heterocycles. The molecule has 188 valence electrons. The summed E-state index contributed by atoms with van der Waals surface area (Å²) in [5.41, 5.74) is 4.31. The molecule has 0 aliphatic rings. The maximum Gasteiger partial charge on any atom is 0.328 e. The van der Waals surface area contributed by atoms with Gasteiger partial charge in [-0.1, -0.05) is 43.2 Å². The van der Waals surface area contributed by atoms with E-state index in [2.05, 4.69) is 21.8 Å². The number of aromatic nitrogens is 2. The molecule has 2 N–H and O–H groups in total. The molecule has 0 saturated carbocycles. The lowest BCUT2D eigenvalue weighted by atomic mass is 10.1. The summed E-state index contributed by atoms with van der Waals surface area (Å²) in [5.74, 6) is 0.575. The molecular formula is C27H29FN4O3S. The largest absolute Gasteiger partial charge is 0.337 e. The number of hydrogen-bond donors (Lipinski definition) is 2. The predicted molar refractivity (Wildman–Crippen MR) is 138 cm³/mol. The van der Waals surface area contributed by atoms with Crippen molar-refractivity contribution >= 4 is 27.1 Å². The first-order valence-electron chi connectivity index (χ1n) is 11.9. The average Bonchev–Trinajstić information content (AvgIpc) is 3.20. The summed E-state index contributed by atoms with van der Waals surface area (Å²) in [5, 5.41) is 2.59. The molecule has 0 bridgehead atoms. The Balaban J connectivity index is 1.40. The first-order chi connectivity index (χ1) is 17.3. The SMILES string of the molecule is CCCCc1nc2cc(F)ccc2n1-c1ccc(CCNC(=O)NS(=O)(=O)c2ccc(C)cc2)cc1. The molecule has 0 radical (unpaired) electrons. The molecule has 3 aromatic carbocycles. The van der Waals surface area contributed by atoms with Crippen molar-refractivity contribution in [2.75, 3.05) is 6.54 Å². The van der Waals surface area contributed by atoms with Crippen LogP contribution in [-0.2, 0) is 22.9 Å². The third kappa shape index (κ3) is 5.91. The number of urea groups is 1. The summed E-state index contributed by atoms with van der Waals surface area (Å²) < 4.78 is 42.5. The van der Waals surface area contributed by atoms with Gasteiger partial charge in [-0.3, -0.25) is 4.57 Å². The number of amides is 2. The van der Waals surface area contributed by atoms with Crippen molar-refractivity contribution in [3.63, 3.8) is 0 Å². The highest BCUT2D eigenvalue weighted by Crippen LogP contribution is 2.24. The summed E-state index contributed by atoms with van der Waals surface area (Å²) in [6.07, 6.45) is 3.33. The van der Waals surface area contributed by atoms with Gasteiger partial charge in [0.15, 0.2) is 0 Å². The molecular weight excluding hydrogens is 479 g/mol. The lowest BCUT2D eigenvalue weighted by molar-refractivity contribution is 0.246. The van der Waals surface area contributed by atoms with Crippen LogP contribution >= 0.6 is 0 Å². The number of fused-ring (bicyclic) bond motifs is 1. The van der Waals surface area contributed by atoms with Gasteiger partial charge >= 0.3 is 6.03 Å². The van der Waals surface area contributed by atoms with E-state index in [9.17, 15) is 17.6 Å². The third-order valence-electron chi connectivity index (χ3n) is 5.89. The number of halogens is 1. The van der Waals surface area contributed by atoms with Gasteiger partial charge in [-0.15, -0.1) is 0 Å². The van der Waals surface area contributed by atoms with E-state index in [-0.39, 0.29) is 17.3 Å². The number of unbranched alkanes of at least 4 members (excludes halogenated alkanes) is 1. The van der Waals surface area contributed by atoms with E-state index >= 15 is 0 Å². The zero-order valence-corrected chi connectivity index (χ0v) is 21.1. The normalized spacial score (nSPS) is 11.5. The molecule has 1 heterocycles. The molecule has 7 nitrogen and oxygen atoms in total. The van der Waals surface area contributed by atoms with E-state index in [0.717, 1.165) is 47.4 Å². The van der Waals surface area contributed by atoms with Gasteiger partial charge in [-0.25, -0.2) is 27.3 Å². The van der Waals surface area contributed by atoms with Gasteiger partial charge in [0.2, 0.25) is 0 Å². The third-order valence-corrected chi connectivity index (χ3v) is 7.24. The van der Waals surface area contributed by atoms with Crippen LogP contribution in [0.5, 0.6) is 0 Å². The lowest BCUT2D eigenvalue weighted by Crippen LogP contribution is -2.40. The molecule has 4 rings (SSSR count). The molecule has 1 aromatic heterocycles. The highest BCUT2D eigenvalue weighted by atomic mass is 32.2. The number of rotatable bonds is 9. The van der Waals surface area contributed by atoms with Gasteiger partial charge in [0.1, 0.15) is 11.6 Å². The van der Waals surface area contributed by atoms with Crippen molar-refractivity contribution < 1.29 is 17.6 Å². The number of aryl methyl sites for hydroxylation is 2. The zero-order chi connectivity index (χ0) is 25.7. The van der Waals surface area contributed by atoms with Gasteiger partial charge < -0.3 is 5.32 Å². The maximum atomic E-state index is 13.7. The molecule has 2 amide bonds.